The van der Waals surface area contributed by atoms with Crippen molar-refractivity contribution in [1.29, 1.82) is 5.26 Å². The van der Waals surface area contributed by atoms with Crippen molar-refractivity contribution in [2.45, 2.75) is 32.0 Å². The molecule has 1 atom stereocenters. The minimum Gasteiger partial charge on any atom is -0.382 e. The van der Waals surface area contributed by atoms with E-state index in [4.69, 9.17) is 19.7 Å². The van der Waals surface area contributed by atoms with E-state index in [2.05, 4.69) is 26.6 Å². The molecular formula is C26H30N6O3S. The van der Waals surface area contributed by atoms with Gasteiger partial charge in [0.1, 0.15) is 11.5 Å². The van der Waals surface area contributed by atoms with Crippen LogP contribution in [0.3, 0.4) is 0 Å². The van der Waals surface area contributed by atoms with E-state index in [9.17, 15) is 4.79 Å². The maximum Gasteiger partial charge on any atom is 0.271 e. The summed E-state index contributed by atoms with van der Waals surface area (Å²) in [5.74, 6) is 0.440. The third-order valence-corrected chi connectivity index (χ3v) is 6.66. The Morgan fingerprint density at radius 2 is 2.03 bits per heavy atom. The lowest BCUT2D eigenvalue weighted by Crippen LogP contribution is -2.24. The van der Waals surface area contributed by atoms with E-state index >= 15 is 0 Å². The Balaban J connectivity index is 1.28. The van der Waals surface area contributed by atoms with Crippen LogP contribution in [0.4, 0.5) is 10.9 Å². The largest absolute Gasteiger partial charge is 0.382 e. The quantitative estimate of drug-likeness (QED) is 0.280. The molecule has 10 heteroatoms. The zero-order chi connectivity index (χ0) is 25.2. The van der Waals surface area contributed by atoms with E-state index < -0.39 is 0 Å². The van der Waals surface area contributed by atoms with Gasteiger partial charge in [-0.25, -0.2) is 9.97 Å². The number of pyridine rings is 1. The minimum atomic E-state index is -0.230. The molecular weight excluding hydrogens is 476 g/mol. The molecule has 0 unspecified atom stereocenters. The van der Waals surface area contributed by atoms with Gasteiger partial charge < -0.3 is 20.1 Å². The first-order valence-corrected chi connectivity index (χ1v) is 12.8. The molecule has 3 heterocycles. The number of rotatable bonds is 12. The van der Waals surface area contributed by atoms with Gasteiger partial charge >= 0.3 is 0 Å². The number of anilines is 2. The van der Waals surface area contributed by atoms with Crippen LogP contribution < -0.4 is 10.6 Å². The Morgan fingerprint density at radius 3 is 2.83 bits per heavy atom. The highest BCUT2D eigenvalue weighted by Crippen LogP contribution is 2.31. The van der Waals surface area contributed by atoms with Crippen LogP contribution in [0.15, 0.2) is 47.8 Å². The number of carbonyl (C=O) groups is 1. The molecule has 0 aliphatic carbocycles. The molecule has 1 amide bonds. The van der Waals surface area contributed by atoms with Gasteiger partial charge in [-0.15, -0.1) is 11.3 Å². The fourth-order valence-electron chi connectivity index (χ4n) is 4.05. The normalized spacial score (nSPS) is 15.5. The highest BCUT2D eigenvalue weighted by molar-refractivity contribution is 7.14. The van der Waals surface area contributed by atoms with Crippen molar-refractivity contribution < 1.29 is 14.3 Å². The number of methoxy groups -OCH3 is 1. The lowest BCUT2D eigenvalue weighted by atomic mass is 10.1. The van der Waals surface area contributed by atoms with E-state index in [0.29, 0.717) is 49.6 Å². The Hall–Kier alpha value is -3.36. The van der Waals surface area contributed by atoms with Gasteiger partial charge in [-0.1, -0.05) is 30.3 Å². The summed E-state index contributed by atoms with van der Waals surface area (Å²) in [7, 11) is 1.65. The first kappa shape index (κ1) is 25.7. The van der Waals surface area contributed by atoms with Gasteiger partial charge in [0.05, 0.1) is 44.2 Å². The van der Waals surface area contributed by atoms with E-state index in [0.717, 1.165) is 36.2 Å². The number of thiazole rings is 1. The molecule has 188 valence electrons. The zero-order valence-electron chi connectivity index (χ0n) is 20.3. The number of nitrogens with one attached hydrogen (secondary N) is 2. The van der Waals surface area contributed by atoms with Gasteiger partial charge in [0.15, 0.2) is 5.13 Å². The van der Waals surface area contributed by atoms with Gasteiger partial charge in [0.2, 0.25) is 0 Å². The van der Waals surface area contributed by atoms with Crippen LogP contribution in [0.2, 0.25) is 0 Å². The molecule has 9 nitrogen and oxygen atoms in total. The molecule has 0 spiro atoms. The Morgan fingerprint density at radius 1 is 1.19 bits per heavy atom. The molecule has 2 aromatic heterocycles. The molecule has 0 saturated carbocycles. The van der Waals surface area contributed by atoms with Crippen molar-refractivity contribution in [1.82, 2.24) is 20.2 Å². The van der Waals surface area contributed by atoms with Crippen LogP contribution in [-0.2, 0) is 22.6 Å². The monoisotopic (exact) mass is 506 g/mol. The topological polar surface area (TPSA) is 112 Å². The third-order valence-electron chi connectivity index (χ3n) is 5.90. The Bertz CT molecular complexity index is 1180. The number of carbonyl (C=O) groups excluding carboxylic acids is 1. The maximum atomic E-state index is 12.6. The van der Waals surface area contributed by atoms with Crippen molar-refractivity contribution in [3.63, 3.8) is 0 Å². The van der Waals surface area contributed by atoms with Gasteiger partial charge in [0, 0.05) is 19.0 Å². The Labute approximate surface area is 215 Å². The molecule has 1 fully saturated rings. The molecule has 0 bridgehead atoms. The number of ether oxygens (including phenoxy) is 2. The zero-order valence-corrected chi connectivity index (χ0v) is 21.1. The number of aromatic nitrogens is 2. The van der Waals surface area contributed by atoms with E-state index in [-0.39, 0.29) is 11.9 Å². The summed E-state index contributed by atoms with van der Waals surface area (Å²) >= 11 is 1.35. The number of benzene rings is 1. The summed E-state index contributed by atoms with van der Waals surface area (Å²) in [5, 5.41) is 17.5. The summed E-state index contributed by atoms with van der Waals surface area (Å²) in [6, 6.07) is 16.1. The number of likely N-dealkylation sites (tertiary alicyclic amines) is 1. The van der Waals surface area contributed by atoms with Crippen molar-refractivity contribution in [3.05, 3.63) is 70.4 Å². The standard InChI is InChI=1S/C26H30N6O3S/c1-34-14-15-35-17-20-9-7-19(8-10-20)16-28-25(33)22-18-36-26(30-22)31-24-6-2-4-21(29-24)23-5-3-12-32(23)13-11-27/h2,4,6-10,18,23H,3,5,12-17H2,1H3,(H,28,33)(H,29,30,31)/t23-/m0/s1. The second kappa shape index (κ2) is 13.1. The van der Waals surface area contributed by atoms with Crippen LogP contribution in [-0.4, -0.2) is 54.2 Å². The number of hydrogen-bond donors (Lipinski definition) is 2. The van der Waals surface area contributed by atoms with Crippen LogP contribution in [0.1, 0.15) is 46.2 Å². The van der Waals surface area contributed by atoms with Crippen LogP contribution in [0, 0.1) is 11.3 Å². The minimum absolute atomic E-state index is 0.154. The fraction of sp³-hybridized carbons (Fsp3) is 0.385. The van der Waals surface area contributed by atoms with E-state index in [1.54, 1.807) is 12.5 Å². The lowest BCUT2D eigenvalue weighted by molar-refractivity contribution is 0.0616. The first-order valence-electron chi connectivity index (χ1n) is 11.9. The summed E-state index contributed by atoms with van der Waals surface area (Å²) in [6.07, 6.45) is 2.05. The maximum absolute atomic E-state index is 12.6. The SMILES string of the molecule is COCCOCc1ccc(CNC(=O)c2csc(Nc3cccc([C@@H]4CCCN4CC#N)n3)n2)cc1. The number of nitrogens with zero attached hydrogens (tertiary/aromatic N) is 4. The van der Waals surface area contributed by atoms with Crippen molar-refractivity contribution in [2.75, 3.05) is 38.7 Å². The molecule has 1 saturated heterocycles. The molecule has 1 aliphatic heterocycles. The summed E-state index contributed by atoms with van der Waals surface area (Å²) < 4.78 is 10.5. The van der Waals surface area contributed by atoms with Crippen LogP contribution >= 0.6 is 11.3 Å². The second-order valence-corrected chi connectivity index (χ2v) is 9.30. The lowest BCUT2D eigenvalue weighted by Gasteiger charge is -2.21. The number of nitriles is 1. The summed E-state index contributed by atoms with van der Waals surface area (Å²) in [4.78, 5) is 23.9. The second-order valence-electron chi connectivity index (χ2n) is 8.44. The van der Waals surface area contributed by atoms with Crippen molar-refractivity contribution in [3.8, 4) is 6.07 Å². The highest BCUT2D eigenvalue weighted by Gasteiger charge is 2.26. The number of hydrogen-bond acceptors (Lipinski definition) is 9. The van der Waals surface area contributed by atoms with Gasteiger partial charge in [0.25, 0.3) is 5.91 Å². The number of amides is 1. The fourth-order valence-corrected chi connectivity index (χ4v) is 4.75. The molecule has 3 aromatic rings. The molecule has 1 aromatic carbocycles. The van der Waals surface area contributed by atoms with Gasteiger partial charge in [-0.2, -0.15) is 5.26 Å². The average molecular weight is 507 g/mol. The predicted octanol–water partition coefficient (Wildman–Crippen LogP) is 4.04. The van der Waals surface area contributed by atoms with Crippen molar-refractivity contribution in [2.24, 2.45) is 0 Å². The summed E-state index contributed by atoms with van der Waals surface area (Å²) in [6.45, 7) is 3.39. The molecule has 4 rings (SSSR count). The highest BCUT2D eigenvalue weighted by atomic mass is 32.1. The Kier molecular flexibility index (Phi) is 9.35. The smallest absolute Gasteiger partial charge is 0.271 e. The predicted molar refractivity (Wildman–Crippen MR) is 138 cm³/mol. The molecule has 1 aliphatic rings. The van der Waals surface area contributed by atoms with Crippen LogP contribution in [0.25, 0.3) is 0 Å². The third kappa shape index (κ3) is 7.08. The first-order chi connectivity index (χ1) is 17.7. The van der Waals surface area contributed by atoms with Gasteiger partial charge in [-0.05, 0) is 42.6 Å². The molecule has 36 heavy (non-hydrogen) atoms. The summed E-state index contributed by atoms with van der Waals surface area (Å²) in [5.41, 5.74) is 3.36. The van der Waals surface area contributed by atoms with Gasteiger partial charge in [-0.3, -0.25) is 9.69 Å². The van der Waals surface area contributed by atoms with Crippen molar-refractivity contribution >= 4 is 28.2 Å². The van der Waals surface area contributed by atoms with Crippen LogP contribution in [0.5, 0.6) is 0 Å². The molecule has 2 N–H and O–H groups in total. The van der Waals surface area contributed by atoms with E-state index in [1.807, 2.05) is 42.5 Å². The molecule has 0 radical (unpaired) electrons. The van der Waals surface area contributed by atoms with E-state index in [1.165, 1.54) is 11.3 Å². The average Bonchev–Trinajstić information content (AvgIpc) is 3.56.